The highest BCUT2D eigenvalue weighted by Gasteiger charge is 2.27. The topological polar surface area (TPSA) is 21.1 Å². The molecule has 2 aromatic heterocycles. The predicted octanol–water partition coefficient (Wildman–Crippen LogP) is 3.65. The van der Waals surface area contributed by atoms with Crippen LogP contribution in [0, 0.1) is 13.8 Å². The largest absolute Gasteiger partial charge is 0.303 e. The van der Waals surface area contributed by atoms with Crippen LogP contribution in [0.4, 0.5) is 0 Å². The average Bonchev–Trinajstić information content (AvgIpc) is 3.06. The van der Waals surface area contributed by atoms with E-state index in [4.69, 9.17) is 4.98 Å². The molecule has 1 saturated heterocycles. The van der Waals surface area contributed by atoms with Crippen LogP contribution in [-0.2, 0) is 0 Å². The fourth-order valence-electron chi connectivity index (χ4n) is 3.42. The molecule has 3 heteroatoms. The molecule has 0 aliphatic carbocycles. The molecule has 1 fully saturated rings. The summed E-state index contributed by atoms with van der Waals surface area (Å²) in [5.74, 6) is 1.11. The molecule has 0 aromatic carbocycles. The second kappa shape index (κ2) is 5.41. The van der Waals surface area contributed by atoms with Crippen molar-refractivity contribution in [1.82, 2.24) is 14.5 Å². The normalized spacial score (nSPS) is 19.6. The molecule has 0 spiro atoms. The van der Waals surface area contributed by atoms with Gasteiger partial charge in [0.05, 0.1) is 0 Å². The Hall–Kier alpha value is -1.61. The van der Waals surface area contributed by atoms with Crippen LogP contribution < -0.4 is 0 Å². The second-order valence-corrected chi connectivity index (χ2v) is 5.65. The van der Waals surface area contributed by atoms with Crippen LogP contribution in [0.2, 0.25) is 0 Å². The Bertz CT molecular complexity index is 581. The highest BCUT2D eigenvalue weighted by atomic mass is 15.2. The number of likely N-dealkylation sites (tertiary alicyclic amines) is 1. The van der Waals surface area contributed by atoms with Crippen LogP contribution in [0.5, 0.6) is 0 Å². The number of pyridine rings is 1. The standard InChI is InChI=1S/C17H23N3/c1-4-19-12-6-8-16(19)15-7-5-11-18-17(15)20-13(2)9-10-14(20)3/h5,7,9-11,16H,4,6,8,12H2,1-3H3. The molecule has 1 aliphatic heterocycles. The molecule has 3 rings (SSSR count). The maximum absolute atomic E-state index is 4.69. The molecule has 1 unspecified atom stereocenters. The molecule has 0 amide bonds. The third-order valence-corrected chi connectivity index (χ3v) is 4.43. The molecular formula is C17H23N3. The van der Waals surface area contributed by atoms with Crippen LogP contribution >= 0.6 is 0 Å². The van der Waals surface area contributed by atoms with Gasteiger partial charge in [0.25, 0.3) is 0 Å². The zero-order valence-electron chi connectivity index (χ0n) is 12.6. The van der Waals surface area contributed by atoms with E-state index < -0.39 is 0 Å². The Balaban J connectivity index is 2.09. The smallest absolute Gasteiger partial charge is 0.141 e. The fourth-order valence-corrected chi connectivity index (χ4v) is 3.42. The van der Waals surface area contributed by atoms with Crippen molar-refractivity contribution in [3.8, 4) is 5.82 Å². The number of nitrogens with zero attached hydrogens (tertiary/aromatic N) is 3. The minimum absolute atomic E-state index is 0.518. The third-order valence-electron chi connectivity index (χ3n) is 4.43. The summed E-state index contributed by atoms with van der Waals surface area (Å²) in [6, 6.07) is 9.17. The lowest BCUT2D eigenvalue weighted by Gasteiger charge is -2.25. The van der Waals surface area contributed by atoms with Crippen LogP contribution in [0.1, 0.15) is 42.8 Å². The summed E-state index contributed by atoms with van der Waals surface area (Å²) in [6.45, 7) is 8.87. The van der Waals surface area contributed by atoms with Gasteiger partial charge in [-0.05, 0) is 58.0 Å². The van der Waals surface area contributed by atoms with E-state index in [0.29, 0.717) is 6.04 Å². The van der Waals surface area contributed by atoms with E-state index in [-0.39, 0.29) is 0 Å². The van der Waals surface area contributed by atoms with Crippen molar-refractivity contribution in [3.63, 3.8) is 0 Å². The first-order chi connectivity index (χ1) is 9.72. The molecule has 0 saturated carbocycles. The van der Waals surface area contributed by atoms with E-state index in [0.717, 1.165) is 12.4 Å². The summed E-state index contributed by atoms with van der Waals surface area (Å²) >= 11 is 0. The van der Waals surface area contributed by atoms with E-state index in [1.165, 1.54) is 36.3 Å². The first-order valence-corrected chi connectivity index (χ1v) is 7.56. The molecule has 0 bridgehead atoms. The average molecular weight is 269 g/mol. The molecule has 0 radical (unpaired) electrons. The molecule has 2 aromatic rings. The van der Waals surface area contributed by atoms with Crippen LogP contribution in [0.3, 0.4) is 0 Å². The van der Waals surface area contributed by atoms with Gasteiger partial charge in [-0.3, -0.25) is 4.90 Å². The van der Waals surface area contributed by atoms with Gasteiger partial charge in [-0.1, -0.05) is 13.0 Å². The Morgan fingerprint density at radius 2 is 1.95 bits per heavy atom. The number of hydrogen-bond donors (Lipinski definition) is 0. The predicted molar refractivity (Wildman–Crippen MR) is 82.3 cm³/mol. The maximum atomic E-state index is 4.69. The van der Waals surface area contributed by atoms with Gasteiger partial charge in [-0.25, -0.2) is 4.98 Å². The van der Waals surface area contributed by atoms with Crippen molar-refractivity contribution in [3.05, 3.63) is 47.4 Å². The quantitative estimate of drug-likeness (QED) is 0.848. The van der Waals surface area contributed by atoms with Gasteiger partial charge in [-0.15, -0.1) is 0 Å². The monoisotopic (exact) mass is 269 g/mol. The lowest BCUT2D eigenvalue weighted by atomic mass is 10.1. The lowest BCUT2D eigenvalue weighted by molar-refractivity contribution is 0.271. The minimum Gasteiger partial charge on any atom is -0.303 e. The Morgan fingerprint density at radius 1 is 1.20 bits per heavy atom. The maximum Gasteiger partial charge on any atom is 0.141 e. The molecule has 106 valence electrons. The van der Waals surface area contributed by atoms with Gasteiger partial charge >= 0.3 is 0 Å². The summed E-state index contributed by atoms with van der Waals surface area (Å²) in [5.41, 5.74) is 3.88. The fraction of sp³-hybridized carbons (Fsp3) is 0.471. The zero-order valence-corrected chi connectivity index (χ0v) is 12.6. The van der Waals surface area contributed by atoms with Crippen molar-refractivity contribution in [2.75, 3.05) is 13.1 Å². The summed E-state index contributed by atoms with van der Waals surface area (Å²) in [4.78, 5) is 7.26. The molecule has 3 heterocycles. The van der Waals surface area contributed by atoms with Gasteiger partial charge < -0.3 is 4.57 Å². The molecule has 20 heavy (non-hydrogen) atoms. The van der Waals surface area contributed by atoms with Gasteiger partial charge in [0.1, 0.15) is 5.82 Å². The zero-order chi connectivity index (χ0) is 14.1. The van der Waals surface area contributed by atoms with Crippen molar-refractivity contribution in [2.24, 2.45) is 0 Å². The summed E-state index contributed by atoms with van der Waals surface area (Å²) in [7, 11) is 0. The number of hydrogen-bond acceptors (Lipinski definition) is 2. The van der Waals surface area contributed by atoms with Gasteiger partial charge in [0.15, 0.2) is 0 Å². The van der Waals surface area contributed by atoms with E-state index in [1.54, 1.807) is 0 Å². The minimum atomic E-state index is 0.518. The first-order valence-electron chi connectivity index (χ1n) is 7.56. The van der Waals surface area contributed by atoms with Crippen molar-refractivity contribution < 1.29 is 0 Å². The van der Waals surface area contributed by atoms with Crippen LogP contribution in [0.25, 0.3) is 5.82 Å². The highest BCUT2D eigenvalue weighted by molar-refractivity contribution is 5.41. The molecular weight excluding hydrogens is 246 g/mol. The van der Waals surface area contributed by atoms with Crippen LogP contribution in [-0.4, -0.2) is 27.5 Å². The second-order valence-electron chi connectivity index (χ2n) is 5.65. The summed E-state index contributed by atoms with van der Waals surface area (Å²) in [5, 5.41) is 0. The Labute approximate surface area is 121 Å². The van der Waals surface area contributed by atoms with E-state index in [9.17, 15) is 0 Å². The first kappa shape index (κ1) is 13.4. The summed E-state index contributed by atoms with van der Waals surface area (Å²) in [6.07, 6.45) is 4.44. The lowest BCUT2D eigenvalue weighted by Crippen LogP contribution is -2.24. The molecule has 3 nitrogen and oxygen atoms in total. The van der Waals surface area contributed by atoms with Crippen LogP contribution in [0.15, 0.2) is 30.5 Å². The summed E-state index contributed by atoms with van der Waals surface area (Å²) < 4.78 is 2.28. The Kier molecular flexibility index (Phi) is 3.62. The number of aryl methyl sites for hydroxylation is 2. The van der Waals surface area contributed by atoms with E-state index in [2.05, 4.69) is 54.5 Å². The Morgan fingerprint density at radius 3 is 2.65 bits per heavy atom. The molecule has 1 atom stereocenters. The van der Waals surface area contributed by atoms with Crippen molar-refractivity contribution in [2.45, 2.75) is 39.7 Å². The number of aromatic nitrogens is 2. The van der Waals surface area contributed by atoms with Gasteiger partial charge in [0.2, 0.25) is 0 Å². The molecule has 0 N–H and O–H groups in total. The molecule has 1 aliphatic rings. The SMILES string of the molecule is CCN1CCCC1c1cccnc1-n1c(C)ccc1C. The van der Waals surface area contributed by atoms with Gasteiger partial charge in [0, 0.05) is 29.2 Å². The third kappa shape index (κ3) is 2.16. The van der Waals surface area contributed by atoms with E-state index in [1.807, 2.05) is 6.20 Å². The van der Waals surface area contributed by atoms with Crippen molar-refractivity contribution in [1.29, 1.82) is 0 Å². The highest BCUT2D eigenvalue weighted by Crippen LogP contribution is 2.34. The van der Waals surface area contributed by atoms with Gasteiger partial charge in [-0.2, -0.15) is 0 Å². The van der Waals surface area contributed by atoms with E-state index >= 15 is 0 Å². The van der Waals surface area contributed by atoms with Crippen molar-refractivity contribution >= 4 is 0 Å². The number of rotatable bonds is 3.